The van der Waals surface area contributed by atoms with Crippen molar-refractivity contribution in [3.63, 3.8) is 0 Å². The largest absolute Gasteiger partial charge is 0.376 e. The molecule has 0 N–H and O–H groups in total. The molecule has 0 amide bonds. The molecule has 2 aromatic carbocycles. The maximum Gasteiger partial charge on any atom is 0.269 e. The molecule has 0 aliphatic rings. The van der Waals surface area contributed by atoms with Crippen molar-refractivity contribution >= 4 is 5.69 Å². The highest BCUT2D eigenvalue weighted by atomic mass is 16.6. The lowest BCUT2D eigenvalue weighted by Gasteiger charge is -2.25. The molecule has 2 aromatic rings. The van der Waals surface area contributed by atoms with Gasteiger partial charge in [-0.25, -0.2) is 0 Å². The molecule has 0 aliphatic heterocycles. The van der Waals surface area contributed by atoms with Gasteiger partial charge in [-0.15, -0.1) is 0 Å². The Morgan fingerprint density at radius 2 is 1.82 bits per heavy atom. The van der Waals surface area contributed by atoms with Gasteiger partial charge in [0.1, 0.15) is 0 Å². The Labute approximate surface area is 130 Å². The molecule has 116 valence electrons. The van der Waals surface area contributed by atoms with Crippen LogP contribution in [-0.2, 0) is 16.8 Å². The van der Waals surface area contributed by atoms with Gasteiger partial charge in [-0.05, 0) is 18.1 Å². The molecule has 4 nitrogen and oxygen atoms in total. The van der Waals surface area contributed by atoms with Gasteiger partial charge in [0.05, 0.1) is 18.1 Å². The standard InChI is InChI=1S/C18H21NO3/c1-14-7-9-16(10-8-14)18(2,3)13-22-12-15-5-4-6-17(11-15)19(20)21/h4-11H,12-13H2,1-3H3. The highest BCUT2D eigenvalue weighted by Gasteiger charge is 2.20. The summed E-state index contributed by atoms with van der Waals surface area (Å²) in [5.41, 5.74) is 3.26. The monoisotopic (exact) mass is 299 g/mol. The molecule has 0 heterocycles. The third kappa shape index (κ3) is 4.15. The molecule has 2 rings (SSSR count). The van der Waals surface area contributed by atoms with Gasteiger partial charge >= 0.3 is 0 Å². The van der Waals surface area contributed by atoms with Crippen LogP contribution >= 0.6 is 0 Å². The van der Waals surface area contributed by atoms with Crippen LogP contribution in [0.2, 0.25) is 0 Å². The van der Waals surface area contributed by atoms with E-state index in [1.165, 1.54) is 17.2 Å². The van der Waals surface area contributed by atoms with Gasteiger partial charge < -0.3 is 4.74 Å². The summed E-state index contributed by atoms with van der Waals surface area (Å²) in [7, 11) is 0. The summed E-state index contributed by atoms with van der Waals surface area (Å²) in [6.45, 7) is 7.25. The molecule has 0 radical (unpaired) electrons. The van der Waals surface area contributed by atoms with Gasteiger partial charge in [0, 0.05) is 17.5 Å². The van der Waals surface area contributed by atoms with Crippen molar-refractivity contribution in [1.29, 1.82) is 0 Å². The molecular formula is C18H21NO3. The fraction of sp³-hybridized carbons (Fsp3) is 0.333. The molecule has 0 bridgehead atoms. The maximum absolute atomic E-state index is 10.8. The van der Waals surface area contributed by atoms with E-state index in [4.69, 9.17) is 4.74 Å². The van der Waals surface area contributed by atoms with Crippen molar-refractivity contribution < 1.29 is 9.66 Å². The average Bonchev–Trinajstić information content (AvgIpc) is 2.48. The van der Waals surface area contributed by atoms with Crippen LogP contribution < -0.4 is 0 Å². The maximum atomic E-state index is 10.8. The molecule has 0 saturated heterocycles. The minimum absolute atomic E-state index is 0.0962. The van der Waals surface area contributed by atoms with Gasteiger partial charge in [-0.3, -0.25) is 10.1 Å². The normalized spacial score (nSPS) is 11.4. The number of nitro benzene ring substituents is 1. The van der Waals surface area contributed by atoms with Crippen LogP contribution in [0.3, 0.4) is 0 Å². The molecular weight excluding hydrogens is 278 g/mol. The average molecular weight is 299 g/mol. The van der Waals surface area contributed by atoms with Crippen LogP contribution in [0.1, 0.15) is 30.5 Å². The van der Waals surface area contributed by atoms with E-state index < -0.39 is 0 Å². The lowest BCUT2D eigenvalue weighted by Crippen LogP contribution is -2.24. The summed E-state index contributed by atoms with van der Waals surface area (Å²) in [4.78, 5) is 10.4. The van der Waals surface area contributed by atoms with E-state index in [1.807, 2.05) is 6.07 Å². The number of hydrogen-bond acceptors (Lipinski definition) is 3. The Balaban J connectivity index is 1.96. The van der Waals surface area contributed by atoms with E-state index >= 15 is 0 Å². The quantitative estimate of drug-likeness (QED) is 0.587. The van der Waals surface area contributed by atoms with Crippen LogP contribution in [0.25, 0.3) is 0 Å². The Bertz CT molecular complexity index is 648. The number of nitrogens with zero attached hydrogens (tertiary/aromatic N) is 1. The van der Waals surface area contributed by atoms with Gasteiger partial charge in [-0.2, -0.15) is 0 Å². The number of hydrogen-bond donors (Lipinski definition) is 0. The molecule has 0 fully saturated rings. The number of nitro groups is 1. The SMILES string of the molecule is Cc1ccc(C(C)(C)COCc2cccc([N+](=O)[O-])c2)cc1. The molecule has 0 aromatic heterocycles. The minimum Gasteiger partial charge on any atom is -0.376 e. The Morgan fingerprint density at radius 3 is 2.45 bits per heavy atom. The van der Waals surface area contributed by atoms with Gasteiger partial charge in [-0.1, -0.05) is 55.8 Å². The van der Waals surface area contributed by atoms with Crippen LogP contribution in [0.4, 0.5) is 5.69 Å². The Morgan fingerprint density at radius 1 is 1.14 bits per heavy atom. The van der Waals surface area contributed by atoms with Crippen molar-refractivity contribution in [2.45, 2.75) is 32.8 Å². The van der Waals surface area contributed by atoms with E-state index in [9.17, 15) is 10.1 Å². The summed E-state index contributed by atoms with van der Waals surface area (Å²) < 4.78 is 5.78. The van der Waals surface area contributed by atoms with E-state index in [2.05, 4.69) is 45.0 Å². The molecule has 0 aliphatic carbocycles. The molecule has 22 heavy (non-hydrogen) atoms. The van der Waals surface area contributed by atoms with E-state index in [0.29, 0.717) is 13.2 Å². The van der Waals surface area contributed by atoms with E-state index in [1.54, 1.807) is 12.1 Å². The summed E-state index contributed by atoms with van der Waals surface area (Å²) >= 11 is 0. The molecule has 0 spiro atoms. The van der Waals surface area contributed by atoms with Crippen molar-refractivity contribution in [2.24, 2.45) is 0 Å². The van der Waals surface area contributed by atoms with Crippen LogP contribution in [0.5, 0.6) is 0 Å². The first-order valence-corrected chi connectivity index (χ1v) is 7.27. The first-order chi connectivity index (χ1) is 10.4. The van der Waals surface area contributed by atoms with Crippen molar-refractivity contribution in [1.82, 2.24) is 0 Å². The zero-order valence-electron chi connectivity index (χ0n) is 13.2. The van der Waals surface area contributed by atoms with Gasteiger partial charge in [0.2, 0.25) is 0 Å². The minimum atomic E-state index is -0.389. The molecule has 0 unspecified atom stereocenters. The van der Waals surface area contributed by atoms with Gasteiger partial charge in [0.15, 0.2) is 0 Å². The van der Waals surface area contributed by atoms with Crippen molar-refractivity contribution in [2.75, 3.05) is 6.61 Å². The number of rotatable bonds is 6. The number of benzene rings is 2. The topological polar surface area (TPSA) is 52.4 Å². The summed E-state index contributed by atoms with van der Waals surface area (Å²) in [5, 5.41) is 10.8. The zero-order chi connectivity index (χ0) is 16.2. The third-order valence-corrected chi connectivity index (χ3v) is 3.69. The summed E-state index contributed by atoms with van der Waals surface area (Å²) in [6.07, 6.45) is 0. The van der Waals surface area contributed by atoms with E-state index in [0.717, 1.165) is 5.56 Å². The second-order valence-corrected chi connectivity index (χ2v) is 6.17. The summed E-state index contributed by atoms with van der Waals surface area (Å²) in [5.74, 6) is 0. The lowest BCUT2D eigenvalue weighted by molar-refractivity contribution is -0.384. The first-order valence-electron chi connectivity index (χ1n) is 7.27. The number of non-ortho nitro benzene ring substituents is 1. The second-order valence-electron chi connectivity index (χ2n) is 6.17. The lowest BCUT2D eigenvalue weighted by atomic mass is 9.85. The van der Waals surface area contributed by atoms with Crippen LogP contribution in [0.15, 0.2) is 48.5 Å². The molecule has 0 atom stereocenters. The predicted octanol–water partition coefficient (Wildman–Crippen LogP) is 4.40. The van der Waals surface area contributed by atoms with Crippen molar-refractivity contribution in [3.05, 3.63) is 75.3 Å². The second kappa shape index (κ2) is 6.71. The fourth-order valence-corrected chi connectivity index (χ4v) is 2.27. The number of ether oxygens (including phenoxy) is 1. The first kappa shape index (κ1) is 16.2. The van der Waals surface area contributed by atoms with E-state index in [-0.39, 0.29) is 16.0 Å². The van der Waals surface area contributed by atoms with Crippen LogP contribution in [-0.4, -0.2) is 11.5 Å². The predicted molar refractivity (Wildman–Crippen MR) is 87.0 cm³/mol. The Kier molecular flexibility index (Phi) is 4.93. The van der Waals surface area contributed by atoms with Crippen molar-refractivity contribution in [3.8, 4) is 0 Å². The highest BCUT2D eigenvalue weighted by Crippen LogP contribution is 2.24. The van der Waals surface area contributed by atoms with Gasteiger partial charge in [0.25, 0.3) is 5.69 Å². The molecule has 4 heteroatoms. The number of aryl methyl sites for hydroxylation is 1. The Hall–Kier alpha value is -2.20. The summed E-state index contributed by atoms with van der Waals surface area (Å²) in [6, 6.07) is 15.0. The molecule has 0 saturated carbocycles. The zero-order valence-corrected chi connectivity index (χ0v) is 13.2. The smallest absolute Gasteiger partial charge is 0.269 e. The highest BCUT2D eigenvalue weighted by molar-refractivity contribution is 5.34. The third-order valence-electron chi connectivity index (χ3n) is 3.69. The van der Waals surface area contributed by atoms with Crippen LogP contribution in [0, 0.1) is 17.0 Å². The fourth-order valence-electron chi connectivity index (χ4n) is 2.27.